The summed E-state index contributed by atoms with van der Waals surface area (Å²) in [5, 5.41) is 0.608. The Morgan fingerprint density at radius 1 is 1.21 bits per heavy atom. The molecule has 7 heteroatoms. The zero-order chi connectivity index (χ0) is 17.3. The fourth-order valence-electron chi connectivity index (χ4n) is 2.45. The molecule has 0 saturated heterocycles. The Labute approximate surface area is 142 Å². The standard InChI is InChI=1S/C17H14ClFN2O3/c1-23-15-6-10-14(7-16(15)24-2)20-9-21(17(10)22)8-11-12(18)4-3-5-13(11)19/h3-7,9H,8H2,1-2H3. The first-order valence-corrected chi connectivity index (χ1v) is 7.47. The van der Waals surface area contributed by atoms with E-state index in [9.17, 15) is 9.18 Å². The Balaban J connectivity index is 2.14. The second kappa shape index (κ2) is 6.49. The molecular weight excluding hydrogens is 335 g/mol. The van der Waals surface area contributed by atoms with Crippen molar-refractivity contribution in [1.82, 2.24) is 9.55 Å². The molecule has 5 nitrogen and oxygen atoms in total. The molecule has 124 valence electrons. The summed E-state index contributed by atoms with van der Waals surface area (Å²) in [5.41, 5.74) is 0.386. The molecule has 1 aromatic heterocycles. The van der Waals surface area contributed by atoms with Crippen molar-refractivity contribution in [3.8, 4) is 11.5 Å². The molecule has 2 aromatic carbocycles. The van der Waals surface area contributed by atoms with Crippen molar-refractivity contribution < 1.29 is 13.9 Å². The number of nitrogens with zero attached hydrogens (tertiary/aromatic N) is 2. The molecule has 0 bridgehead atoms. The van der Waals surface area contributed by atoms with E-state index in [1.54, 1.807) is 18.2 Å². The largest absolute Gasteiger partial charge is 0.493 e. The van der Waals surface area contributed by atoms with E-state index in [1.807, 2.05) is 0 Å². The molecule has 0 N–H and O–H groups in total. The van der Waals surface area contributed by atoms with Gasteiger partial charge in [0.05, 0.1) is 38.0 Å². The van der Waals surface area contributed by atoms with Crippen LogP contribution in [-0.2, 0) is 6.54 Å². The molecule has 0 aliphatic heterocycles. The van der Waals surface area contributed by atoms with E-state index in [-0.39, 0.29) is 22.7 Å². The highest BCUT2D eigenvalue weighted by Crippen LogP contribution is 2.30. The fraction of sp³-hybridized carbons (Fsp3) is 0.176. The van der Waals surface area contributed by atoms with Crippen molar-refractivity contribution in [2.45, 2.75) is 6.54 Å². The van der Waals surface area contributed by atoms with Crippen molar-refractivity contribution in [2.75, 3.05) is 14.2 Å². The quantitative estimate of drug-likeness (QED) is 0.726. The van der Waals surface area contributed by atoms with Gasteiger partial charge in [0, 0.05) is 16.7 Å². The minimum absolute atomic E-state index is 0.0123. The van der Waals surface area contributed by atoms with E-state index in [2.05, 4.69) is 4.98 Å². The zero-order valence-corrected chi connectivity index (χ0v) is 13.8. The van der Waals surface area contributed by atoms with Crippen LogP contribution in [0.15, 0.2) is 41.5 Å². The normalized spacial score (nSPS) is 10.8. The smallest absolute Gasteiger partial charge is 0.261 e. The summed E-state index contributed by atoms with van der Waals surface area (Å²) in [6.07, 6.45) is 1.36. The minimum atomic E-state index is -0.471. The predicted octanol–water partition coefficient (Wildman–Crippen LogP) is 3.25. The molecule has 1 heterocycles. The number of rotatable bonds is 4. The van der Waals surface area contributed by atoms with E-state index in [0.717, 1.165) is 0 Å². The van der Waals surface area contributed by atoms with Gasteiger partial charge in [-0.25, -0.2) is 9.37 Å². The summed E-state index contributed by atoms with van der Waals surface area (Å²) in [7, 11) is 2.99. The highest BCUT2D eigenvalue weighted by atomic mass is 35.5. The maximum Gasteiger partial charge on any atom is 0.261 e. The Hall–Kier alpha value is -2.60. The number of hydrogen-bond acceptors (Lipinski definition) is 4. The van der Waals surface area contributed by atoms with Gasteiger partial charge in [-0.3, -0.25) is 9.36 Å². The summed E-state index contributed by atoms with van der Waals surface area (Å²) in [6.45, 7) is -0.0123. The first kappa shape index (κ1) is 16.3. The van der Waals surface area contributed by atoms with Gasteiger partial charge in [-0.05, 0) is 18.2 Å². The van der Waals surface area contributed by atoms with Crippen LogP contribution in [0.25, 0.3) is 10.9 Å². The van der Waals surface area contributed by atoms with Gasteiger partial charge < -0.3 is 9.47 Å². The van der Waals surface area contributed by atoms with E-state index in [0.29, 0.717) is 22.4 Å². The van der Waals surface area contributed by atoms with Crippen LogP contribution in [0.4, 0.5) is 4.39 Å². The van der Waals surface area contributed by atoms with Gasteiger partial charge in [-0.1, -0.05) is 17.7 Å². The molecule has 0 aliphatic carbocycles. The van der Waals surface area contributed by atoms with Gasteiger partial charge in [-0.2, -0.15) is 0 Å². The number of hydrogen-bond donors (Lipinski definition) is 0. The monoisotopic (exact) mass is 348 g/mol. The third kappa shape index (κ3) is 2.80. The van der Waals surface area contributed by atoms with Crippen molar-refractivity contribution in [1.29, 1.82) is 0 Å². The molecule has 24 heavy (non-hydrogen) atoms. The van der Waals surface area contributed by atoms with E-state index < -0.39 is 5.82 Å². The van der Waals surface area contributed by atoms with Gasteiger partial charge in [0.2, 0.25) is 0 Å². The minimum Gasteiger partial charge on any atom is -0.493 e. The maximum absolute atomic E-state index is 13.9. The molecule has 0 saturated carbocycles. The lowest BCUT2D eigenvalue weighted by Gasteiger charge is -2.11. The number of benzene rings is 2. The lowest BCUT2D eigenvalue weighted by Crippen LogP contribution is -2.22. The Morgan fingerprint density at radius 2 is 1.92 bits per heavy atom. The van der Waals surface area contributed by atoms with Crippen molar-refractivity contribution in [3.63, 3.8) is 0 Å². The average molecular weight is 349 g/mol. The lowest BCUT2D eigenvalue weighted by atomic mass is 10.2. The fourth-order valence-corrected chi connectivity index (χ4v) is 2.67. The third-order valence-electron chi connectivity index (χ3n) is 3.72. The molecular formula is C17H14ClFN2O3. The summed E-state index contributed by atoms with van der Waals surface area (Å²) in [6, 6.07) is 7.57. The summed E-state index contributed by atoms with van der Waals surface area (Å²) >= 11 is 6.02. The molecule has 0 aliphatic rings. The third-order valence-corrected chi connectivity index (χ3v) is 4.07. The number of fused-ring (bicyclic) bond motifs is 1. The van der Waals surface area contributed by atoms with Crippen LogP contribution in [0.5, 0.6) is 11.5 Å². The molecule has 0 unspecified atom stereocenters. The summed E-state index contributed by atoms with van der Waals surface area (Å²) in [4.78, 5) is 16.9. The predicted molar refractivity (Wildman–Crippen MR) is 89.6 cm³/mol. The molecule has 0 amide bonds. The van der Waals surface area contributed by atoms with Crippen LogP contribution < -0.4 is 15.0 Å². The number of halogens is 2. The maximum atomic E-state index is 13.9. The molecule has 0 fully saturated rings. The summed E-state index contributed by atoms with van der Waals surface area (Å²) < 4.78 is 25.7. The molecule has 0 spiro atoms. The number of methoxy groups -OCH3 is 2. The van der Waals surface area contributed by atoms with Crippen LogP contribution in [0.2, 0.25) is 5.02 Å². The van der Waals surface area contributed by atoms with Gasteiger partial charge in [-0.15, -0.1) is 0 Å². The van der Waals surface area contributed by atoms with E-state index in [4.69, 9.17) is 21.1 Å². The summed E-state index contributed by atoms with van der Waals surface area (Å²) in [5.74, 6) is 0.430. The SMILES string of the molecule is COc1cc2ncn(Cc3c(F)cccc3Cl)c(=O)c2cc1OC. The van der Waals surface area contributed by atoms with Crippen LogP contribution in [0, 0.1) is 5.82 Å². The Morgan fingerprint density at radius 3 is 2.58 bits per heavy atom. The van der Waals surface area contributed by atoms with Crippen LogP contribution in [-0.4, -0.2) is 23.8 Å². The van der Waals surface area contributed by atoms with Crippen LogP contribution >= 0.6 is 11.6 Å². The number of ether oxygens (including phenoxy) is 2. The van der Waals surface area contributed by atoms with Crippen molar-refractivity contribution >= 4 is 22.5 Å². The lowest BCUT2D eigenvalue weighted by molar-refractivity contribution is 0.355. The second-order valence-electron chi connectivity index (χ2n) is 5.10. The van der Waals surface area contributed by atoms with Gasteiger partial charge in [0.1, 0.15) is 5.82 Å². The highest BCUT2D eigenvalue weighted by molar-refractivity contribution is 6.31. The molecule has 0 radical (unpaired) electrons. The first-order chi connectivity index (χ1) is 11.5. The highest BCUT2D eigenvalue weighted by Gasteiger charge is 2.13. The molecule has 0 atom stereocenters. The molecule has 3 rings (SSSR count). The van der Waals surface area contributed by atoms with E-state index >= 15 is 0 Å². The van der Waals surface area contributed by atoms with Crippen molar-refractivity contribution in [3.05, 3.63) is 63.4 Å². The molecule has 3 aromatic rings. The zero-order valence-electron chi connectivity index (χ0n) is 13.0. The van der Waals surface area contributed by atoms with Gasteiger partial charge in [0.15, 0.2) is 11.5 Å². The number of aromatic nitrogens is 2. The van der Waals surface area contributed by atoms with Gasteiger partial charge in [0.25, 0.3) is 5.56 Å². The topological polar surface area (TPSA) is 53.4 Å². The second-order valence-corrected chi connectivity index (χ2v) is 5.51. The van der Waals surface area contributed by atoms with E-state index in [1.165, 1.54) is 37.2 Å². The Kier molecular flexibility index (Phi) is 4.40. The Bertz CT molecular complexity index is 952. The first-order valence-electron chi connectivity index (χ1n) is 7.09. The average Bonchev–Trinajstić information content (AvgIpc) is 2.59. The van der Waals surface area contributed by atoms with Gasteiger partial charge >= 0.3 is 0 Å². The van der Waals surface area contributed by atoms with Crippen LogP contribution in [0.3, 0.4) is 0 Å². The van der Waals surface area contributed by atoms with Crippen molar-refractivity contribution in [2.24, 2.45) is 0 Å². The van der Waals surface area contributed by atoms with Crippen LogP contribution in [0.1, 0.15) is 5.56 Å².